The number of hydrogen-bond donors (Lipinski definition) is 2. The molecule has 0 aromatic carbocycles. The van der Waals surface area contributed by atoms with Crippen LogP contribution in [-0.2, 0) is 9.59 Å². The lowest BCUT2D eigenvalue weighted by Crippen LogP contribution is -2.43. The minimum Gasteiger partial charge on any atom is -0.478 e. The Morgan fingerprint density at radius 2 is 2.00 bits per heavy atom. The summed E-state index contributed by atoms with van der Waals surface area (Å²) in [6, 6.07) is -0.244. The van der Waals surface area contributed by atoms with Crippen LogP contribution in [0.4, 0.5) is 4.79 Å². The van der Waals surface area contributed by atoms with Gasteiger partial charge in [-0.25, -0.2) is 9.59 Å². The first-order valence-corrected chi connectivity index (χ1v) is 5.07. The van der Waals surface area contributed by atoms with Crippen molar-refractivity contribution in [2.45, 2.75) is 25.8 Å². The lowest BCUT2D eigenvalue weighted by Gasteiger charge is -2.19. The molecule has 2 N–H and O–H groups in total. The Bertz CT molecular complexity index is 334. The number of hydrogen-bond acceptors (Lipinski definition) is 3. The predicted octanol–water partition coefficient (Wildman–Crippen LogP) is 0.348. The molecular weight excluding hydrogens is 212 g/mol. The fourth-order valence-corrected chi connectivity index (χ4v) is 1.32. The maximum Gasteiger partial charge on any atom is 0.328 e. The smallest absolute Gasteiger partial charge is 0.328 e. The third-order valence-corrected chi connectivity index (χ3v) is 2.20. The molecule has 0 unspecified atom stereocenters. The molecule has 0 heterocycles. The van der Waals surface area contributed by atoms with E-state index in [1.54, 1.807) is 4.90 Å². The largest absolute Gasteiger partial charge is 0.478 e. The quantitative estimate of drug-likeness (QED) is 0.677. The van der Waals surface area contributed by atoms with Gasteiger partial charge in [0.15, 0.2) is 0 Å². The van der Waals surface area contributed by atoms with Gasteiger partial charge in [0, 0.05) is 24.7 Å². The van der Waals surface area contributed by atoms with Crippen molar-refractivity contribution in [3.63, 3.8) is 0 Å². The van der Waals surface area contributed by atoms with Crippen molar-refractivity contribution in [1.82, 2.24) is 10.2 Å². The van der Waals surface area contributed by atoms with Gasteiger partial charge in [0.2, 0.25) is 0 Å². The summed E-state index contributed by atoms with van der Waals surface area (Å²) in [7, 11) is 0. The van der Waals surface area contributed by atoms with Gasteiger partial charge in [-0.1, -0.05) is 0 Å². The van der Waals surface area contributed by atoms with Crippen LogP contribution >= 0.6 is 0 Å². The SMILES string of the molecule is CCN(C(=O)NC(=O)/C=C/C(=O)O)C1CC1. The second-order valence-electron chi connectivity index (χ2n) is 3.48. The highest BCUT2D eigenvalue weighted by molar-refractivity contribution is 6.02. The molecular formula is C10H14N2O4. The number of carboxylic acid groups (broad SMARTS) is 1. The van der Waals surface area contributed by atoms with Crippen LogP contribution in [0, 0.1) is 0 Å². The number of aliphatic carboxylic acids is 1. The molecule has 0 saturated heterocycles. The highest BCUT2D eigenvalue weighted by atomic mass is 16.4. The first kappa shape index (κ1) is 12.2. The average molecular weight is 226 g/mol. The predicted molar refractivity (Wildman–Crippen MR) is 55.7 cm³/mol. The van der Waals surface area contributed by atoms with Gasteiger partial charge in [0.1, 0.15) is 0 Å². The van der Waals surface area contributed by atoms with E-state index in [0.717, 1.165) is 18.9 Å². The van der Waals surface area contributed by atoms with E-state index in [-0.39, 0.29) is 6.04 Å². The van der Waals surface area contributed by atoms with Crippen LogP contribution in [0.5, 0.6) is 0 Å². The van der Waals surface area contributed by atoms with Crippen LogP contribution in [0.3, 0.4) is 0 Å². The summed E-state index contributed by atoms with van der Waals surface area (Å²) in [5.74, 6) is -1.94. The zero-order valence-corrected chi connectivity index (χ0v) is 8.97. The van der Waals surface area contributed by atoms with E-state index in [4.69, 9.17) is 5.11 Å². The highest BCUT2D eigenvalue weighted by Gasteiger charge is 2.31. The Balaban J connectivity index is 2.43. The number of carbonyl (C=O) groups is 3. The van der Waals surface area contributed by atoms with Gasteiger partial charge >= 0.3 is 12.0 Å². The summed E-state index contributed by atoms with van der Waals surface area (Å²) >= 11 is 0. The minimum absolute atomic E-state index is 0.223. The zero-order valence-electron chi connectivity index (χ0n) is 8.97. The standard InChI is InChI=1S/C10H14N2O4/c1-2-12(7-3-4-7)10(16)11-8(13)5-6-9(14)15/h5-7H,2-4H2,1H3,(H,14,15)(H,11,13,16)/b6-5+. The summed E-state index contributed by atoms with van der Waals surface area (Å²) in [4.78, 5) is 34.3. The molecule has 1 aliphatic carbocycles. The maximum atomic E-state index is 11.5. The third kappa shape index (κ3) is 3.72. The van der Waals surface area contributed by atoms with Crippen molar-refractivity contribution in [3.8, 4) is 0 Å². The van der Waals surface area contributed by atoms with Crippen molar-refractivity contribution >= 4 is 17.9 Å². The second kappa shape index (κ2) is 5.29. The maximum absolute atomic E-state index is 11.5. The normalized spacial score (nSPS) is 14.8. The summed E-state index contributed by atoms with van der Waals surface area (Å²) in [5.41, 5.74) is 0. The number of nitrogens with zero attached hydrogens (tertiary/aromatic N) is 1. The van der Waals surface area contributed by atoms with E-state index in [2.05, 4.69) is 5.32 Å². The summed E-state index contributed by atoms with van der Waals surface area (Å²) in [6.07, 6.45) is 3.43. The van der Waals surface area contributed by atoms with E-state index in [1.807, 2.05) is 6.92 Å². The van der Waals surface area contributed by atoms with Gasteiger partial charge in [-0.3, -0.25) is 10.1 Å². The first-order chi connectivity index (χ1) is 7.54. The van der Waals surface area contributed by atoms with Crippen LogP contribution in [0.2, 0.25) is 0 Å². The Kier molecular flexibility index (Phi) is 4.04. The second-order valence-corrected chi connectivity index (χ2v) is 3.48. The van der Waals surface area contributed by atoms with E-state index in [9.17, 15) is 14.4 Å². The molecule has 88 valence electrons. The molecule has 0 aromatic heterocycles. The molecule has 16 heavy (non-hydrogen) atoms. The van der Waals surface area contributed by atoms with Crippen LogP contribution in [0.15, 0.2) is 12.2 Å². The number of amides is 3. The van der Waals surface area contributed by atoms with Crippen molar-refractivity contribution in [3.05, 3.63) is 12.2 Å². The molecule has 0 radical (unpaired) electrons. The number of imide groups is 1. The molecule has 6 nitrogen and oxygen atoms in total. The molecule has 1 saturated carbocycles. The molecule has 0 atom stereocenters. The van der Waals surface area contributed by atoms with E-state index in [0.29, 0.717) is 12.6 Å². The van der Waals surface area contributed by atoms with Crippen LogP contribution in [0.1, 0.15) is 19.8 Å². The van der Waals surface area contributed by atoms with Crippen molar-refractivity contribution in [1.29, 1.82) is 0 Å². The van der Waals surface area contributed by atoms with E-state index < -0.39 is 17.9 Å². The monoisotopic (exact) mass is 226 g/mol. The lowest BCUT2D eigenvalue weighted by atomic mass is 10.4. The Morgan fingerprint density at radius 1 is 1.38 bits per heavy atom. The van der Waals surface area contributed by atoms with Gasteiger partial charge in [-0.2, -0.15) is 0 Å². The van der Waals surface area contributed by atoms with Gasteiger partial charge in [0.25, 0.3) is 5.91 Å². The molecule has 1 rings (SSSR count). The van der Waals surface area contributed by atoms with Crippen LogP contribution in [0.25, 0.3) is 0 Å². The summed E-state index contributed by atoms with van der Waals surface area (Å²) < 4.78 is 0. The highest BCUT2D eigenvalue weighted by Crippen LogP contribution is 2.26. The Morgan fingerprint density at radius 3 is 2.44 bits per heavy atom. The van der Waals surface area contributed by atoms with E-state index in [1.165, 1.54) is 0 Å². The fourth-order valence-electron chi connectivity index (χ4n) is 1.32. The number of rotatable bonds is 4. The average Bonchev–Trinajstić information content (AvgIpc) is 3.00. The minimum atomic E-state index is -1.22. The van der Waals surface area contributed by atoms with E-state index >= 15 is 0 Å². The first-order valence-electron chi connectivity index (χ1n) is 5.07. The van der Waals surface area contributed by atoms with Crippen molar-refractivity contribution in [2.75, 3.05) is 6.54 Å². The van der Waals surface area contributed by atoms with Crippen LogP contribution in [-0.4, -0.2) is 40.5 Å². The molecule has 0 aromatic rings. The topological polar surface area (TPSA) is 86.7 Å². The van der Waals surface area contributed by atoms with Crippen LogP contribution < -0.4 is 5.32 Å². The number of carbonyl (C=O) groups excluding carboxylic acids is 2. The van der Waals surface area contributed by atoms with Gasteiger partial charge in [-0.05, 0) is 19.8 Å². The summed E-state index contributed by atoms with van der Waals surface area (Å²) in [6.45, 7) is 2.36. The summed E-state index contributed by atoms with van der Waals surface area (Å²) in [5, 5.41) is 10.4. The Labute approximate surface area is 92.9 Å². The number of nitrogens with one attached hydrogen (secondary N) is 1. The molecule has 0 aliphatic heterocycles. The van der Waals surface area contributed by atoms with Gasteiger partial charge in [-0.15, -0.1) is 0 Å². The zero-order chi connectivity index (χ0) is 12.1. The molecule has 1 aliphatic rings. The Hall–Kier alpha value is -1.85. The number of carboxylic acids is 1. The van der Waals surface area contributed by atoms with Gasteiger partial charge < -0.3 is 10.0 Å². The molecule has 6 heteroatoms. The number of urea groups is 1. The van der Waals surface area contributed by atoms with Crippen molar-refractivity contribution in [2.24, 2.45) is 0 Å². The molecule has 0 bridgehead atoms. The lowest BCUT2D eigenvalue weighted by molar-refractivity contribution is -0.131. The molecule has 1 fully saturated rings. The van der Waals surface area contributed by atoms with Gasteiger partial charge in [0.05, 0.1) is 0 Å². The van der Waals surface area contributed by atoms with Crippen molar-refractivity contribution < 1.29 is 19.5 Å². The fraction of sp³-hybridized carbons (Fsp3) is 0.500. The molecule has 0 spiro atoms. The third-order valence-electron chi connectivity index (χ3n) is 2.20. The molecule has 3 amide bonds.